The summed E-state index contributed by atoms with van der Waals surface area (Å²) in [4.78, 5) is 16.5. The highest BCUT2D eigenvalue weighted by atomic mass is 16.6. The van der Waals surface area contributed by atoms with Crippen molar-refractivity contribution >= 4 is 16.9 Å². The lowest BCUT2D eigenvalue weighted by Gasteiger charge is -2.24. The maximum Gasteiger partial charge on any atom is 0.349 e. The highest BCUT2D eigenvalue weighted by molar-refractivity contribution is 5.88. The first kappa shape index (κ1) is 15.3. The van der Waals surface area contributed by atoms with Crippen LogP contribution in [0.1, 0.15) is 32.0 Å². The molecule has 0 bridgehead atoms. The van der Waals surface area contributed by atoms with Gasteiger partial charge in [0, 0.05) is 11.1 Å². The molecular weight excluding hydrogens is 266 g/mol. The van der Waals surface area contributed by atoms with Gasteiger partial charge in [-0.25, -0.2) is 9.78 Å². The number of nitrogens with zero attached hydrogens (tertiary/aromatic N) is 1. The van der Waals surface area contributed by atoms with Gasteiger partial charge in [0.15, 0.2) is 5.60 Å². The molecular formula is C17H21NO3. The molecule has 0 atom stereocenters. The smallest absolute Gasteiger partial charge is 0.349 e. The number of hydrogen-bond donors (Lipinski definition) is 0. The second-order valence-electron chi connectivity index (χ2n) is 5.57. The maximum absolute atomic E-state index is 12.0. The van der Waals surface area contributed by atoms with E-state index in [0.29, 0.717) is 12.4 Å². The molecule has 1 aromatic carbocycles. The monoisotopic (exact) mass is 287 g/mol. The lowest BCUT2D eigenvalue weighted by Crippen LogP contribution is -2.39. The Balaban J connectivity index is 2.45. The Morgan fingerprint density at radius 2 is 2.00 bits per heavy atom. The zero-order valence-electron chi connectivity index (χ0n) is 13.2. The van der Waals surface area contributed by atoms with Gasteiger partial charge in [0.1, 0.15) is 11.3 Å². The van der Waals surface area contributed by atoms with Crippen LogP contribution < -0.4 is 4.74 Å². The Bertz CT molecular complexity index is 677. The second-order valence-corrected chi connectivity index (χ2v) is 5.57. The van der Waals surface area contributed by atoms with Crippen LogP contribution in [0.15, 0.2) is 24.3 Å². The Morgan fingerprint density at radius 1 is 1.29 bits per heavy atom. The fraction of sp³-hybridized carbons (Fsp3) is 0.412. The van der Waals surface area contributed by atoms with Crippen molar-refractivity contribution in [3.63, 3.8) is 0 Å². The van der Waals surface area contributed by atoms with Crippen molar-refractivity contribution in [2.75, 3.05) is 6.61 Å². The second kappa shape index (κ2) is 5.72. The normalized spacial score (nSPS) is 11.5. The van der Waals surface area contributed by atoms with Gasteiger partial charge in [-0.15, -0.1) is 0 Å². The Labute approximate surface area is 125 Å². The van der Waals surface area contributed by atoms with Gasteiger partial charge in [-0.05, 0) is 52.3 Å². The molecule has 1 aromatic heterocycles. The van der Waals surface area contributed by atoms with Gasteiger partial charge in [0.2, 0.25) is 0 Å². The summed E-state index contributed by atoms with van der Waals surface area (Å²) < 4.78 is 11.0. The van der Waals surface area contributed by atoms with Gasteiger partial charge in [-0.2, -0.15) is 0 Å². The van der Waals surface area contributed by atoms with Gasteiger partial charge >= 0.3 is 5.97 Å². The van der Waals surface area contributed by atoms with Gasteiger partial charge in [0.05, 0.1) is 6.61 Å². The molecule has 4 nitrogen and oxygen atoms in total. The van der Waals surface area contributed by atoms with Crippen LogP contribution in [-0.4, -0.2) is 23.2 Å². The molecule has 2 aromatic rings. The summed E-state index contributed by atoms with van der Waals surface area (Å²) in [7, 11) is 0. The summed E-state index contributed by atoms with van der Waals surface area (Å²) in [6.45, 7) is 9.49. The number of aryl methyl sites for hydroxylation is 2. The lowest BCUT2D eigenvalue weighted by atomic mass is 10.1. The van der Waals surface area contributed by atoms with E-state index >= 15 is 0 Å². The number of aromatic nitrogens is 1. The minimum Gasteiger partial charge on any atom is -0.474 e. The van der Waals surface area contributed by atoms with Crippen molar-refractivity contribution in [1.82, 2.24) is 4.98 Å². The number of ether oxygens (including phenoxy) is 2. The Hall–Kier alpha value is -2.10. The Morgan fingerprint density at radius 3 is 2.67 bits per heavy atom. The van der Waals surface area contributed by atoms with E-state index in [-0.39, 0.29) is 5.97 Å². The first-order chi connectivity index (χ1) is 9.85. The molecule has 0 spiro atoms. The van der Waals surface area contributed by atoms with Gasteiger partial charge in [-0.3, -0.25) is 0 Å². The highest BCUT2D eigenvalue weighted by Gasteiger charge is 2.32. The van der Waals surface area contributed by atoms with E-state index in [0.717, 1.165) is 22.2 Å². The fourth-order valence-electron chi connectivity index (χ4n) is 2.26. The molecule has 0 saturated heterocycles. The van der Waals surface area contributed by atoms with Crippen LogP contribution in [-0.2, 0) is 9.53 Å². The average molecular weight is 287 g/mol. The van der Waals surface area contributed by atoms with Gasteiger partial charge < -0.3 is 9.47 Å². The predicted octanol–water partition coefficient (Wildman–Crippen LogP) is 3.57. The first-order valence-electron chi connectivity index (χ1n) is 7.08. The van der Waals surface area contributed by atoms with Crippen LogP contribution in [0.5, 0.6) is 5.75 Å². The van der Waals surface area contributed by atoms with Crippen LogP contribution in [0, 0.1) is 13.8 Å². The quantitative estimate of drug-likeness (QED) is 0.807. The minimum absolute atomic E-state index is 0.331. The van der Waals surface area contributed by atoms with Crippen LogP contribution in [0.25, 0.3) is 10.9 Å². The fourth-order valence-corrected chi connectivity index (χ4v) is 2.26. The summed E-state index contributed by atoms with van der Waals surface area (Å²) in [6.07, 6.45) is 0. The van der Waals surface area contributed by atoms with Crippen LogP contribution in [0.2, 0.25) is 0 Å². The summed E-state index contributed by atoms with van der Waals surface area (Å²) in [6, 6.07) is 7.77. The summed E-state index contributed by atoms with van der Waals surface area (Å²) >= 11 is 0. The van der Waals surface area contributed by atoms with Gasteiger partial charge in [-0.1, -0.05) is 12.1 Å². The van der Waals surface area contributed by atoms with E-state index in [1.165, 1.54) is 0 Å². The van der Waals surface area contributed by atoms with E-state index in [9.17, 15) is 4.79 Å². The number of para-hydroxylation sites is 1. The molecule has 0 aliphatic carbocycles. The summed E-state index contributed by atoms with van der Waals surface area (Å²) in [5.41, 5.74) is 1.78. The molecule has 0 N–H and O–H groups in total. The van der Waals surface area contributed by atoms with Crippen LogP contribution in [0.3, 0.4) is 0 Å². The van der Waals surface area contributed by atoms with E-state index in [1.54, 1.807) is 20.8 Å². The van der Waals surface area contributed by atoms with E-state index in [1.807, 2.05) is 38.1 Å². The first-order valence-corrected chi connectivity index (χ1v) is 7.08. The summed E-state index contributed by atoms with van der Waals surface area (Å²) in [5, 5.41) is 1.03. The molecule has 0 fully saturated rings. The van der Waals surface area contributed by atoms with Crippen molar-refractivity contribution in [2.45, 2.75) is 40.2 Å². The molecule has 112 valence electrons. The third kappa shape index (κ3) is 3.15. The molecule has 0 aliphatic rings. The molecule has 0 amide bonds. The van der Waals surface area contributed by atoms with Gasteiger partial charge in [0.25, 0.3) is 0 Å². The van der Waals surface area contributed by atoms with Crippen LogP contribution in [0.4, 0.5) is 0 Å². The number of fused-ring (bicyclic) bond motifs is 1. The van der Waals surface area contributed by atoms with Crippen molar-refractivity contribution < 1.29 is 14.3 Å². The standard InChI is InChI=1S/C17H21NO3/c1-6-20-16(19)17(4,5)21-14-9-7-8-13-11(2)10-12(3)18-15(13)14/h7-10H,6H2,1-5H3. The molecule has 21 heavy (non-hydrogen) atoms. The number of pyridine rings is 1. The van der Waals surface area contributed by atoms with Crippen molar-refractivity contribution in [1.29, 1.82) is 0 Å². The molecule has 0 aliphatic heterocycles. The van der Waals surface area contributed by atoms with E-state index in [4.69, 9.17) is 9.47 Å². The molecule has 0 radical (unpaired) electrons. The maximum atomic E-state index is 12.0. The number of hydrogen-bond acceptors (Lipinski definition) is 4. The number of carbonyl (C=O) groups is 1. The van der Waals surface area contributed by atoms with Crippen molar-refractivity contribution in [3.8, 4) is 5.75 Å². The molecule has 0 unspecified atom stereocenters. The molecule has 1 heterocycles. The molecule has 2 rings (SSSR count). The summed E-state index contributed by atoms with van der Waals surface area (Å²) in [5.74, 6) is 0.212. The van der Waals surface area contributed by atoms with Crippen LogP contribution >= 0.6 is 0 Å². The molecule has 4 heteroatoms. The predicted molar refractivity (Wildman–Crippen MR) is 82.6 cm³/mol. The Kier molecular flexibility index (Phi) is 4.16. The largest absolute Gasteiger partial charge is 0.474 e. The topological polar surface area (TPSA) is 48.4 Å². The van der Waals surface area contributed by atoms with Crippen molar-refractivity contribution in [2.24, 2.45) is 0 Å². The van der Waals surface area contributed by atoms with E-state index < -0.39 is 5.60 Å². The third-order valence-electron chi connectivity index (χ3n) is 3.27. The number of esters is 1. The minimum atomic E-state index is -1.05. The number of benzene rings is 1. The molecule has 0 saturated carbocycles. The van der Waals surface area contributed by atoms with E-state index in [2.05, 4.69) is 4.98 Å². The number of carbonyl (C=O) groups excluding carboxylic acids is 1. The zero-order chi connectivity index (χ0) is 15.6. The highest BCUT2D eigenvalue weighted by Crippen LogP contribution is 2.29. The average Bonchev–Trinajstić information content (AvgIpc) is 2.39. The third-order valence-corrected chi connectivity index (χ3v) is 3.27. The lowest BCUT2D eigenvalue weighted by molar-refractivity contribution is -0.158. The zero-order valence-corrected chi connectivity index (χ0v) is 13.2. The van der Waals surface area contributed by atoms with Crippen molar-refractivity contribution in [3.05, 3.63) is 35.5 Å². The number of rotatable bonds is 4. The SMILES string of the molecule is CCOC(=O)C(C)(C)Oc1cccc2c(C)cc(C)nc12.